The zero-order valence-electron chi connectivity index (χ0n) is 8.37. The maximum atomic E-state index is 11.2. The summed E-state index contributed by atoms with van der Waals surface area (Å²) in [6.07, 6.45) is 3.26. The predicted molar refractivity (Wildman–Crippen MR) is 48.3 cm³/mol. The molecule has 13 heavy (non-hydrogen) atoms. The smallest absolute Gasteiger partial charge is 0.225 e. The quantitative estimate of drug-likeness (QED) is 0.558. The molecule has 1 heterocycles. The lowest BCUT2D eigenvalue weighted by atomic mass is 10.2. The molecular weight excluding hydrogens is 168 g/mol. The zero-order valence-corrected chi connectivity index (χ0v) is 8.37. The molecule has 0 fully saturated rings. The van der Waals surface area contributed by atoms with Crippen molar-refractivity contribution < 1.29 is 9.59 Å². The van der Waals surface area contributed by atoms with E-state index in [0.29, 0.717) is 0 Å². The highest BCUT2D eigenvalue weighted by atomic mass is 16.2. The van der Waals surface area contributed by atoms with Gasteiger partial charge in [-0.05, 0) is 13.8 Å². The molecular formula is C9H14N2O2. The molecule has 2 amide bonds. The van der Waals surface area contributed by atoms with E-state index < -0.39 is 5.66 Å². The Morgan fingerprint density at radius 2 is 1.31 bits per heavy atom. The molecule has 0 spiro atoms. The van der Waals surface area contributed by atoms with Gasteiger partial charge in [-0.3, -0.25) is 19.4 Å². The van der Waals surface area contributed by atoms with Crippen LogP contribution in [0.25, 0.3) is 0 Å². The largest absolute Gasteiger partial charge is 0.294 e. The number of rotatable bonds is 0. The van der Waals surface area contributed by atoms with Crippen molar-refractivity contribution in [2.75, 3.05) is 0 Å². The maximum absolute atomic E-state index is 11.2. The van der Waals surface area contributed by atoms with Crippen LogP contribution < -0.4 is 0 Å². The number of carbonyl (C=O) groups is 2. The van der Waals surface area contributed by atoms with E-state index in [1.165, 1.54) is 23.6 Å². The Balaban J connectivity index is 2.95. The Kier molecular flexibility index (Phi) is 2.15. The number of hydrogen-bond acceptors (Lipinski definition) is 2. The molecule has 1 aliphatic rings. The van der Waals surface area contributed by atoms with Gasteiger partial charge in [0.05, 0.1) is 0 Å². The minimum Gasteiger partial charge on any atom is -0.294 e. The van der Waals surface area contributed by atoms with Crippen molar-refractivity contribution in [3.05, 3.63) is 12.4 Å². The van der Waals surface area contributed by atoms with Crippen LogP contribution in [0.4, 0.5) is 0 Å². The minimum atomic E-state index is -0.572. The first kappa shape index (κ1) is 9.77. The molecule has 0 N–H and O–H groups in total. The summed E-state index contributed by atoms with van der Waals surface area (Å²) in [5, 5.41) is 0. The highest BCUT2D eigenvalue weighted by molar-refractivity contribution is 5.80. The molecule has 0 atom stereocenters. The summed E-state index contributed by atoms with van der Waals surface area (Å²) in [6.45, 7) is 6.62. The summed E-state index contributed by atoms with van der Waals surface area (Å²) in [6, 6.07) is 0. The average Bonchev–Trinajstić information content (AvgIpc) is 2.24. The molecule has 72 valence electrons. The van der Waals surface area contributed by atoms with E-state index in [0.717, 1.165) is 0 Å². The summed E-state index contributed by atoms with van der Waals surface area (Å²) in [7, 11) is 0. The van der Waals surface area contributed by atoms with Crippen molar-refractivity contribution in [2.24, 2.45) is 0 Å². The summed E-state index contributed by atoms with van der Waals surface area (Å²) >= 11 is 0. The normalized spacial score (nSPS) is 19.4. The van der Waals surface area contributed by atoms with Crippen molar-refractivity contribution in [3.8, 4) is 0 Å². The summed E-state index contributed by atoms with van der Waals surface area (Å²) < 4.78 is 0. The first-order chi connectivity index (χ1) is 5.87. The van der Waals surface area contributed by atoms with E-state index in [-0.39, 0.29) is 11.8 Å². The van der Waals surface area contributed by atoms with E-state index in [1.54, 1.807) is 12.4 Å². The molecule has 4 nitrogen and oxygen atoms in total. The molecule has 0 aromatic carbocycles. The van der Waals surface area contributed by atoms with Crippen LogP contribution in [-0.4, -0.2) is 27.3 Å². The first-order valence-corrected chi connectivity index (χ1v) is 4.15. The van der Waals surface area contributed by atoms with Crippen LogP contribution in [0.15, 0.2) is 12.4 Å². The van der Waals surface area contributed by atoms with Gasteiger partial charge in [0.15, 0.2) is 0 Å². The van der Waals surface area contributed by atoms with Crippen molar-refractivity contribution in [1.29, 1.82) is 0 Å². The highest BCUT2D eigenvalue weighted by Crippen LogP contribution is 2.26. The fourth-order valence-corrected chi connectivity index (χ4v) is 1.59. The average molecular weight is 182 g/mol. The van der Waals surface area contributed by atoms with Crippen LogP contribution in [-0.2, 0) is 9.59 Å². The number of nitrogens with zero attached hydrogens (tertiary/aromatic N) is 2. The molecule has 0 aromatic rings. The Labute approximate surface area is 77.8 Å². The Hall–Kier alpha value is -1.32. The molecule has 1 aliphatic heterocycles. The molecule has 0 bridgehead atoms. The van der Waals surface area contributed by atoms with Gasteiger partial charge >= 0.3 is 0 Å². The summed E-state index contributed by atoms with van der Waals surface area (Å²) in [4.78, 5) is 25.4. The maximum Gasteiger partial charge on any atom is 0.225 e. The third kappa shape index (κ3) is 1.43. The SMILES string of the molecule is CC(=O)N1C=CN(C(C)=O)C1(C)C. The first-order valence-electron chi connectivity index (χ1n) is 4.15. The molecule has 0 unspecified atom stereocenters. The van der Waals surface area contributed by atoms with Gasteiger partial charge < -0.3 is 0 Å². The second-order valence-corrected chi connectivity index (χ2v) is 3.57. The second-order valence-electron chi connectivity index (χ2n) is 3.57. The Morgan fingerprint density at radius 1 is 1.00 bits per heavy atom. The van der Waals surface area contributed by atoms with E-state index in [1.807, 2.05) is 13.8 Å². The number of amides is 2. The third-order valence-electron chi connectivity index (χ3n) is 2.22. The van der Waals surface area contributed by atoms with Crippen LogP contribution in [0.2, 0.25) is 0 Å². The fourth-order valence-electron chi connectivity index (χ4n) is 1.59. The van der Waals surface area contributed by atoms with E-state index in [2.05, 4.69) is 0 Å². The monoisotopic (exact) mass is 182 g/mol. The summed E-state index contributed by atoms with van der Waals surface area (Å²) in [5.74, 6) is -0.130. The minimum absolute atomic E-state index is 0.0648. The van der Waals surface area contributed by atoms with E-state index >= 15 is 0 Å². The lowest BCUT2D eigenvalue weighted by Gasteiger charge is -2.36. The number of carbonyl (C=O) groups excluding carboxylic acids is 2. The van der Waals surface area contributed by atoms with Crippen molar-refractivity contribution >= 4 is 11.8 Å². The van der Waals surface area contributed by atoms with Crippen LogP contribution in [0, 0.1) is 0 Å². The van der Waals surface area contributed by atoms with Gasteiger partial charge in [0, 0.05) is 26.2 Å². The third-order valence-corrected chi connectivity index (χ3v) is 2.22. The van der Waals surface area contributed by atoms with Crippen LogP contribution in [0.5, 0.6) is 0 Å². The van der Waals surface area contributed by atoms with Crippen LogP contribution >= 0.6 is 0 Å². The zero-order chi connectivity index (χ0) is 10.2. The predicted octanol–water partition coefficient (Wildman–Crippen LogP) is 0.904. The molecule has 1 rings (SSSR count). The van der Waals surface area contributed by atoms with Crippen molar-refractivity contribution in [1.82, 2.24) is 9.80 Å². The fraction of sp³-hybridized carbons (Fsp3) is 0.556. The van der Waals surface area contributed by atoms with Gasteiger partial charge in [-0.1, -0.05) is 0 Å². The molecule has 0 aliphatic carbocycles. The molecule has 4 heteroatoms. The van der Waals surface area contributed by atoms with Gasteiger partial charge in [0.25, 0.3) is 0 Å². The highest BCUT2D eigenvalue weighted by Gasteiger charge is 2.38. The lowest BCUT2D eigenvalue weighted by molar-refractivity contribution is -0.140. The lowest BCUT2D eigenvalue weighted by Crippen LogP contribution is -2.51. The number of hydrogen-bond donors (Lipinski definition) is 0. The molecule has 0 radical (unpaired) electrons. The molecule has 0 aromatic heterocycles. The van der Waals surface area contributed by atoms with Crippen LogP contribution in [0.1, 0.15) is 27.7 Å². The summed E-state index contributed by atoms with van der Waals surface area (Å²) in [5.41, 5.74) is -0.572. The van der Waals surface area contributed by atoms with Crippen LogP contribution in [0.3, 0.4) is 0 Å². The van der Waals surface area contributed by atoms with Gasteiger partial charge in [-0.15, -0.1) is 0 Å². The molecule has 0 saturated carbocycles. The van der Waals surface area contributed by atoms with Gasteiger partial charge in [0.1, 0.15) is 5.66 Å². The van der Waals surface area contributed by atoms with E-state index in [4.69, 9.17) is 0 Å². The van der Waals surface area contributed by atoms with Gasteiger partial charge in [0.2, 0.25) is 11.8 Å². The Bertz CT molecular complexity index is 255. The molecule has 0 saturated heterocycles. The second kappa shape index (κ2) is 2.87. The topological polar surface area (TPSA) is 40.6 Å². The Morgan fingerprint density at radius 3 is 1.46 bits per heavy atom. The van der Waals surface area contributed by atoms with Crippen molar-refractivity contribution in [3.63, 3.8) is 0 Å². The standard InChI is InChI=1S/C9H14N2O2/c1-7(12)10-5-6-11(8(2)13)9(10,3)4/h5-6H,1-4H3. The van der Waals surface area contributed by atoms with Crippen molar-refractivity contribution in [2.45, 2.75) is 33.4 Å². The van der Waals surface area contributed by atoms with Gasteiger partial charge in [-0.25, -0.2) is 0 Å². The van der Waals surface area contributed by atoms with Gasteiger partial charge in [-0.2, -0.15) is 0 Å². The van der Waals surface area contributed by atoms with E-state index in [9.17, 15) is 9.59 Å².